The molecule has 0 bridgehead atoms. The van der Waals surface area contributed by atoms with Crippen molar-refractivity contribution in [2.75, 3.05) is 0 Å². The van der Waals surface area contributed by atoms with Crippen molar-refractivity contribution in [1.29, 1.82) is 0 Å². The van der Waals surface area contributed by atoms with E-state index in [1.54, 1.807) is 18.2 Å². The number of phenolic OH excluding ortho intramolecular Hbond substituents is 2. The summed E-state index contributed by atoms with van der Waals surface area (Å²) in [4.78, 5) is 0. The first-order chi connectivity index (χ1) is 8.43. The third kappa shape index (κ3) is 1.48. The normalized spacial score (nSPS) is 32.6. The van der Waals surface area contributed by atoms with Gasteiger partial charge in [0.2, 0.25) is 0 Å². The highest BCUT2D eigenvalue weighted by molar-refractivity contribution is 5.50. The van der Waals surface area contributed by atoms with Gasteiger partial charge in [-0.3, -0.25) is 0 Å². The zero-order valence-electron chi connectivity index (χ0n) is 11.1. The molecule has 0 aromatic heterocycles. The molecule has 1 aromatic carbocycles. The second-order valence-electron chi connectivity index (χ2n) is 6.41. The number of hydrogen-bond acceptors (Lipinski definition) is 2. The molecule has 0 aliphatic heterocycles. The Morgan fingerprint density at radius 2 is 1.78 bits per heavy atom. The number of phenols is 2. The Labute approximate surface area is 108 Å². The Balaban J connectivity index is 2.08. The molecule has 2 unspecified atom stereocenters. The number of allylic oxidation sites excluding steroid dienone is 2. The number of fused-ring (bicyclic) bond motifs is 1. The number of rotatable bonds is 1. The van der Waals surface area contributed by atoms with Crippen LogP contribution in [0.4, 0.5) is 0 Å². The van der Waals surface area contributed by atoms with Gasteiger partial charge in [-0.1, -0.05) is 31.6 Å². The van der Waals surface area contributed by atoms with Crippen molar-refractivity contribution in [2.45, 2.75) is 33.1 Å². The van der Waals surface area contributed by atoms with Gasteiger partial charge < -0.3 is 10.2 Å². The second kappa shape index (κ2) is 3.53. The van der Waals surface area contributed by atoms with Crippen LogP contribution >= 0.6 is 0 Å². The van der Waals surface area contributed by atoms with Crippen molar-refractivity contribution in [2.24, 2.45) is 17.3 Å². The topological polar surface area (TPSA) is 40.5 Å². The molecule has 0 heterocycles. The smallest absolute Gasteiger partial charge is 0.123 e. The molecule has 0 amide bonds. The Morgan fingerprint density at radius 1 is 1.17 bits per heavy atom. The number of aromatic hydroxyl groups is 2. The van der Waals surface area contributed by atoms with Crippen LogP contribution in [0.2, 0.25) is 0 Å². The standard InChI is InChI=1S/C16H20O2/c1-9-7-10(15-11(8-9)16(15,2)3)14-12(17)5-4-6-13(14)18/h4-7,10-11,15,17-18H,8H2,1-3H3/t10-,11?,15?/m1/s1. The lowest BCUT2D eigenvalue weighted by Gasteiger charge is -2.21. The summed E-state index contributed by atoms with van der Waals surface area (Å²) in [5.41, 5.74) is 2.39. The molecule has 96 valence electrons. The van der Waals surface area contributed by atoms with Crippen LogP contribution in [0.5, 0.6) is 11.5 Å². The van der Waals surface area contributed by atoms with Crippen LogP contribution in [-0.4, -0.2) is 10.2 Å². The maximum Gasteiger partial charge on any atom is 0.123 e. The Hall–Kier alpha value is -1.44. The quantitative estimate of drug-likeness (QED) is 0.738. The van der Waals surface area contributed by atoms with E-state index in [4.69, 9.17) is 0 Å². The van der Waals surface area contributed by atoms with E-state index in [1.165, 1.54) is 5.57 Å². The van der Waals surface area contributed by atoms with Crippen molar-refractivity contribution in [3.05, 3.63) is 35.4 Å². The van der Waals surface area contributed by atoms with Crippen LogP contribution < -0.4 is 0 Å². The fraction of sp³-hybridized carbons (Fsp3) is 0.500. The third-order valence-corrected chi connectivity index (χ3v) is 4.93. The summed E-state index contributed by atoms with van der Waals surface area (Å²) in [5, 5.41) is 20.1. The van der Waals surface area contributed by atoms with Gasteiger partial charge in [0.15, 0.2) is 0 Å². The summed E-state index contributed by atoms with van der Waals surface area (Å²) in [5.74, 6) is 1.81. The van der Waals surface area contributed by atoms with Gasteiger partial charge in [0.1, 0.15) is 11.5 Å². The van der Waals surface area contributed by atoms with E-state index >= 15 is 0 Å². The van der Waals surface area contributed by atoms with Gasteiger partial charge in [-0.2, -0.15) is 0 Å². The Bertz CT molecular complexity index is 508. The monoisotopic (exact) mass is 244 g/mol. The van der Waals surface area contributed by atoms with Gasteiger partial charge in [0.25, 0.3) is 0 Å². The lowest BCUT2D eigenvalue weighted by Crippen LogP contribution is -2.07. The van der Waals surface area contributed by atoms with Crippen molar-refractivity contribution in [3.8, 4) is 11.5 Å². The fourth-order valence-corrected chi connectivity index (χ4v) is 3.86. The summed E-state index contributed by atoms with van der Waals surface area (Å²) >= 11 is 0. The second-order valence-corrected chi connectivity index (χ2v) is 6.41. The van der Waals surface area contributed by atoms with E-state index in [1.807, 2.05) is 0 Å². The van der Waals surface area contributed by atoms with Gasteiger partial charge in [-0.25, -0.2) is 0 Å². The van der Waals surface area contributed by atoms with Crippen molar-refractivity contribution in [3.63, 3.8) is 0 Å². The summed E-state index contributed by atoms with van der Waals surface area (Å²) < 4.78 is 0. The Kier molecular flexibility index (Phi) is 2.28. The molecule has 3 rings (SSSR count). The van der Waals surface area contributed by atoms with Crippen molar-refractivity contribution in [1.82, 2.24) is 0 Å². The molecule has 1 aromatic rings. The molecule has 18 heavy (non-hydrogen) atoms. The van der Waals surface area contributed by atoms with Crippen molar-refractivity contribution < 1.29 is 10.2 Å². The molecule has 2 nitrogen and oxygen atoms in total. The molecule has 2 N–H and O–H groups in total. The zero-order chi connectivity index (χ0) is 13.1. The molecule has 0 saturated heterocycles. The SMILES string of the molecule is CC1=C[C@H](c2c(O)cccc2O)C2C(C1)C2(C)C. The van der Waals surface area contributed by atoms with E-state index in [0.29, 0.717) is 22.8 Å². The minimum atomic E-state index is 0.153. The highest BCUT2D eigenvalue weighted by Crippen LogP contribution is 2.69. The molecule has 1 saturated carbocycles. The molecule has 0 spiro atoms. The van der Waals surface area contributed by atoms with Crippen LogP contribution in [0.15, 0.2) is 29.8 Å². The molecule has 3 atom stereocenters. The van der Waals surface area contributed by atoms with E-state index < -0.39 is 0 Å². The first kappa shape index (κ1) is 11.6. The first-order valence-corrected chi connectivity index (χ1v) is 6.61. The fourth-order valence-electron chi connectivity index (χ4n) is 3.86. The van der Waals surface area contributed by atoms with Crippen LogP contribution in [0.1, 0.15) is 38.7 Å². The highest BCUT2D eigenvalue weighted by atomic mass is 16.3. The summed E-state index contributed by atoms with van der Waals surface area (Å²) in [6.45, 7) is 6.73. The minimum Gasteiger partial charge on any atom is -0.508 e. The minimum absolute atomic E-state index is 0.153. The Morgan fingerprint density at radius 3 is 2.39 bits per heavy atom. The molecule has 0 radical (unpaired) electrons. The lowest BCUT2D eigenvalue weighted by molar-refractivity contribution is 0.420. The van der Waals surface area contributed by atoms with Crippen LogP contribution in [-0.2, 0) is 0 Å². The molecule has 2 aliphatic rings. The maximum atomic E-state index is 10.0. The maximum absolute atomic E-state index is 10.0. The van der Waals surface area contributed by atoms with Gasteiger partial charge in [0, 0.05) is 11.5 Å². The summed E-state index contributed by atoms with van der Waals surface area (Å²) in [7, 11) is 0. The average Bonchev–Trinajstić information content (AvgIpc) is 2.80. The summed E-state index contributed by atoms with van der Waals surface area (Å²) in [6.07, 6.45) is 3.38. The van der Waals surface area contributed by atoms with Crippen molar-refractivity contribution >= 4 is 0 Å². The first-order valence-electron chi connectivity index (χ1n) is 6.61. The van der Waals surface area contributed by atoms with E-state index in [2.05, 4.69) is 26.8 Å². The molecule has 1 fully saturated rings. The van der Waals surface area contributed by atoms with Crippen LogP contribution in [0.25, 0.3) is 0 Å². The molecule has 2 heteroatoms. The van der Waals surface area contributed by atoms with E-state index in [-0.39, 0.29) is 17.4 Å². The van der Waals surface area contributed by atoms with E-state index in [9.17, 15) is 10.2 Å². The number of benzene rings is 1. The predicted octanol–water partition coefficient (Wildman–Crippen LogP) is 3.80. The van der Waals surface area contributed by atoms with Gasteiger partial charge in [-0.15, -0.1) is 0 Å². The van der Waals surface area contributed by atoms with Gasteiger partial charge in [-0.05, 0) is 42.7 Å². The molecular formula is C16H20O2. The third-order valence-electron chi connectivity index (χ3n) is 4.93. The lowest BCUT2D eigenvalue weighted by atomic mass is 9.84. The highest BCUT2D eigenvalue weighted by Gasteiger charge is 2.61. The van der Waals surface area contributed by atoms with Gasteiger partial charge in [0.05, 0.1) is 0 Å². The van der Waals surface area contributed by atoms with Crippen LogP contribution in [0, 0.1) is 17.3 Å². The van der Waals surface area contributed by atoms with Gasteiger partial charge >= 0.3 is 0 Å². The largest absolute Gasteiger partial charge is 0.508 e. The number of hydrogen-bond donors (Lipinski definition) is 2. The zero-order valence-corrected chi connectivity index (χ0v) is 11.1. The molecule has 2 aliphatic carbocycles. The average molecular weight is 244 g/mol. The summed E-state index contributed by atoms with van der Waals surface area (Å²) in [6, 6.07) is 5.01. The predicted molar refractivity (Wildman–Crippen MR) is 71.6 cm³/mol. The van der Waals surface area contributed by atoms with E-state index in [0.717, 1.165) is 6.42 Å². The molecular weight excluding hydrogens is 224 g/mol. The van der Waals surface area contributed by atoms with Crippen LogP contribution in [0.3, 0.4) is 0 Å².